The van der Waals surface area contributed by atoms with Crippen LogP contribution in [0.3, 0.4) is 0 Å². The van der Waals surface area contributed by atoms with Crippen LogP contribution in [-0.2, 0) is 11.8 Å². The third-order valence-electron chi connectivity index (χ3n) is 5.12. The third-order valence-corrected chi connectivity index (χ3v) is 5.12. The molecule has 0 bridgehead atoms. The molecular formula is C16H19N3O. The Balaban J connectivity index is 1.62. The molecule has 4 heteroatoms. The van der Waals surface area contributed by atoms with E-state index in [-0.39, 0.29) is 0 Å². The molecule has 0 N–H and O–H groups in total. The zero-order chi connectivity index (χ0) is 13.7. The molecule has 0 radical (unpaired) electrons. The third kappa shape index (κ3) is 1.60. The van der Waals surface area contributed by atoms with Crippen molar-refractivity contribution < 1.29 is 4.79 Å². The Morgan fingerprint density at radius 3 is 2.90 bits per heavy atom. The number of rotatable bonds is 2. The maximum atomic E-state index is 10.8. The number of benzene rings is 1. The van der Waals surface area contributed by atoms with Gasteiger partial charge in [0.2, 0.25) is 6.41 Å². The molecule has 1 aromatic carbocycles. The number of carbonyl (C=O) groups excluding carboxylic acids is 1. The van der Waals surface area contributed by atoms with Gasteiger partial charge in [-0.25, -0.2) is 4.98 Å². The highest BCUT2D eigenvalue weighted by atomic mass is 16.1. The van der Waals surface area contributed by atoms with Gasteiger partial charge in [0.05, 0.1) is 11.0 Å². The summed E-state index contributed by atoms with van der Waals surface area (Å²) in [5.74, 6) is 1.76. The topological polar surface area (TPSA) is 38.1 Å². The lowest BCUT2D eigenvalue weighted by Crippen LogP contribution is -2.54. The molecule has 1 aromatic heterocycles. The fourth-order valence-corrected chi connectivity index (χ4v) is 4.13. The summed E-state index contributed by atoms with van der Waals surface area (Å²) in [4.78, 5) is 17.5. The number of amides is 1. The van der Waals surface area contributed by atoms with E-state index in [0.717, 1.165) is 25.0 Å². The standard InChI is InChI=1S/C16H19N3O/c1-18-14-5-3-2-4-13(14)17-15(18)12-6-7-16(8-12)9-19(10-16)11-20/h2-5,11-12H,6-10H2,1H3. The lowest BCUT2D eigenvalue weighted by atomic mass is 9.78. The van der Waals surface area contributed by atoms with Crippen molar-refractivity contribution in [2.75, 3.05) is 13.1 Å². The van der Waals surface area contributed by atoms with Crippen LogP contribution in [0.5, 0.6) is 0 Å². The SMILES string of the molecule is Cn1c(C2CCC3(C2)CN(C=O)C3)nc2ccccc21. The van der Waals surface area contributed by atoms with Gasteiger partial charge in [-0.15, -0.1) is 0 Å². The number of fused-ring (bicyclic) bond motifs is 1. The minimum atomic E-state index is 0.379. The number of likely N-dealkylation sites (tertiary alicyclic amines) is 1. The normalized spacial score (nSPS) is 24.2. The average molecular weight is 269 g/mol. The largest absolute Gasteiger partial charge is 0.344 e. The fourth-order valence-electron chi connectivity index (χ4n) is 4.13. The second-order valence-electron chi connectivity index (χ2n) is 6.47. The second-order valence-corrected chi connectivity index (χ2v) is 6.47. The number of hydrogen-bond acceptors (Lipinski definition) is 2. The summed E-state index contributed by atoms with van der Waals surface area (Å²) in [7, 11) is 2.12. The Kier molecular flexibility index (Phi) is 2.43. The van der Waals surface area contributed by atoms with Gasteiger partial charge in [-0.2, -0.15) is 0 Å². The van der Waals surface area contributed by atoms with Crippen LogP contribution in [0.15, 0.2) is 24.3 Å². The van der Waals surface area contributed by atoms with Gasteiger partial charge in [0.25, 0.3) is 0 Å². The molecule has 20 heavy (non-hydrogen) atoms. The molecule has 104 valence electrons. The maximum Gasteiger partial charge on any atom is 0.209 e. The summed E-state index contributed by atoms with van der Waals surface area (Å²) in [6.45, 7) is 1.88. The smallest absolute Gasteiger partial charge is 0.209 e. The summed E-state index contributed by atoms with van der Waals surface area (Å²) < 4.78 is 2.25. The molecule has 4 rings (SSSR count). The van der Waals surface area contributed by atoms with Crippen molar-refractivity contribution in [2.24, 2.45) is 12.5 Å². The van der Waals surface area contributed by atoms with E-state index in [0.29, 0.717) is 11.3 Å². The van der Waals surface area contributed by atoms with Crippen molar-refractivity contribution in [1.82, 2.24) is 14.5 Å². The van der Waals surface area contributed by atoms with Crippen LogP contribution in [0.25, 0.3) is 11.0 Å². The van der Waals surface area contributed by atoms with E-state index in [1.807, 2.05) is 11.0 Å². The van der Waals surface area contributed by atoms with Crippen LogP contribution < -0.4 is 0 Å². The van der Waals surface area contributed by atoms with E-state index in [2.05, 4.69) is 29.8 Å². The quantitative estimate of drug-likeness (QED) is 0.785. The Morgan fingerprint density at radius 2 is 2.15 bits per heavy atom. The minimum Gasteiger partial charge on any atom is -0.344 e. The number of nitrogens with zero attached hydrogens (tertiary/aromatic N) is 3. The van der Waals surface area contributed by atoms with Crippen LogP contribution in [0.1, 0.15) is 31.0 Å². The molecule has 1 saturated heterocycles. The Labute approximate surface area is 118 Å². The van der Waals surface area contributed by atoms with Crippen molar-refractivity contribution in [3.8, 4) is 0 Å². The van der Waals surface area contributed by atoms with Gasteiger partial charge in [-0.05, 0) is 31.4 Å². The highest BCUT2D eigenvalue weighted by Crippen LogP contribution is 2.51. The molecule has 2 fully saturated rings. The zero-order valence-electron chi connectivity index (χ0n) is 11.7. The van der Waals surface area contributed by atoms with Gasteiger partial charge < -0.3 is 9.47 Å². The van der Waals surface area contributed by atoms with E-state index in [1.165, 1.54) is 30.6 Å². The first-order chi connectivity index (χ1) is 9.71. The van der Waals surface area contributed by atoms with E-state index >= 15 is 0 Å². The highest BCUT2D eigenvalue weighted by molar-refractivity contribution is 5.75. The summed E-state index contributed by atoms with van der Waals surface area (Å²) in [5, 5.41) is 0. The number of aromatic nitrogens is 2. The van der Waals surface area contributed by atoms with Crippen LogP contribution in [0.2, 0.25) is 0 Å². The fraction of sp³-hybridized carbons (Fsp3) is 0.500. The molecule has 1 spiro atoms. The Morgan fingerprint density at radius 1 is 1.35 bits per heavy atom. The van der Waals surface area contributed by atoms with Crippen molar-refractivity contribution in [3.05, 3.63) is 30.1 Å². The molecule has 2 aromatic rings. The lowest BCUT2D eigenvalue weighted by molar-refractivity contribution is -0.129. The molecule has 1 aliphatic heterocycles. The first kappa shape index (κ1) is 11.9. The van der Waals surface area contributed by atoms with Gasteiger partial charge >= 0.3 is 0 Å². The van der Waals surface area contributed by atoms with E-state index in [9.17, 15) is 4.79 Å². The molecule has 2 aliphatic rings. The lowest BCUT2D eigenvalue weighted by Gasteiger charge is -2.46. The first-order valence-electron chi connectivity index (χ1n) is 7.31. The second kappa shape index (κ2) is 4.08. The minimum absolute atomic E-state index is 0.379. The molecule has 1 saturated carbocycles. The number of aryl methyl sites for hydroxylation is 1. The van der Waals surface area contributed by atoms with Crippen molar-refractivity contribution >= 4 is 17.4 Å². The van der Waals surface area contributed by atoms with Crippen molar-refractivity contribution in [2.45, 2.75) is 25.2 Å². The molecule has 4 nitrogen and oxygen atoms in total. The predicted octanol–water partition coefficient (Wildman–Crippen LogP) is 2.30. The Bertz CT molecular complexity index is 669. The average Bonchev–Trinajstić information content (AvgIpc) is 3.00. The first-order valence-corrected chi connectivity index (χ1v) is 7.31. The van der Waals surface area contributed by atoms with E-state index < -0.39 is 0 Å². The van der Waals surface area contributed by atoms with Crippen LogP contribution in [-0.4, -0.2) is 34.0 Å². The molecule has 1 aliphatic carbocycles. The zero-order valence-corrected chi connectivity index (χ0v) is 11.7. The van der Waals surface area contributed by atoms with E-state index in [1.54, 1.807) is 0 Å². The summed E-state index contributed by atoms with van der Waals surface area (Å²) >= 11 is 0. The van der Waals surface area contributed by atoms with Gasteiger partial charge in [-0.1, -0.05) is 12.1 Å². The van der Waals surface area contributed by atoms with Gasteiger partial charge in [0, 0.05) is 31.5 Å². The van der Waals surface area contributed by atoms with Crippen molar-refractivity contribution in [3.63, 3.8) is 0 Å². The van der Waals surface area contributed by atoms with Crippen LogP contribution in [0, 0.1) is 5.41 Å². The van der Waals surface area contributed by atoms with E-state index in [4.69, 9.17) is 4.98 Å². The van der Waals surface area contributed by atoms with Crippen molar-refractivity contribution in [1.29, 1.82) is 0 Å². The summed E-state index contributed by atoms with van der Waals surface area (Å²) in [6.07, 6.45) is 4.58. The van der Waals surface area contributed by atoms with Crippen LogP contribution >= 0.6 is 0 Å². The number of hydrogen-bond donors (Lipinski definition) is 0. The van der Waals surface area contributed by atoms with Gasteiger partial charge in [-0.3, -0.25) is 4.79 Å². The molecular weight excluding hydrogens is 250 g/mol. The highest BCUT2D eigenvalue weighted by Gasteiger charge is 2.48. The maximum absolute atomic E-state index is 10.8. The molecule has 1 atom stereocenters. The predicted molar refractivity (Wildman–Crippen MR) is 77.4 cm³/mol. The summed E-state index contributed by atoms with van der Waals surface area (Å²) in [6, 6.07) is 8.33. The number of imidazole rings is 1. The van der Waals surface area contributed by atoms with Gasteiger partial charge in [0.15, 0.2) is 0 Å². The molecule has 2 heterocycles. The van der Waals surface area contributed by atoms with Crippen LogP contribution in [0.4, 0.5) is 0 Å². The monoisotopic (exact) mass is 269 g/mol. The summed E-state index contributed by atoms with van der Waals surface area (Å²) in [5.41, 5.74) is 2.68. The number of para-hydroxylation sites is 2. The number of carbonyl (C=O) groups is 1. The molecule has 1 amide bonds. The Hall–Kier alpha value is -1.84. The van der Waals surface area contributed by atoms with Gasteiger partial charge in [0.1, 0.15) is 5.82 Å². The molecule has 1 unspecified atom stereocenters.